The van der Waals surface area contributed by atoms with Crippen molar-refractivity contribution in [3.8, 4) is 0 Å². The molecule has 0 spiro atoms. The van der Waals surface area contributed by atoms with Crippen molar-refractivity contribution in [1.29, 1.82) is 0 Å². The molecule has 0 radical (unpaired) electrons. The SMILES string of the molecule is Cc1ccc(C(N)C(=O)N2CCN(CC(=O)NC(C)C)CC2)cc1.Cl.Cl. The average Bonchev–Trinajstić information content (AvgIpc) is 2.54. The van der Waals surface area contributed by atoms with Crippen LogP contribution in [0.5, 0.6) is 0 Å². The monoisotopic (exact) mass is 404 g/mol. The first kappa shape index (κ1) is 24.7. The Labute approximate surface area is 168 Å². The van der Waals surface area contributed by atoms with Crippen LogP contribution in [0.4, 0.5) is 0 Å². The number of aryl methyl sites for hydroxylation is 1. The smallest absolute Gasteiger partial charge is 0.244 e. The van der Waals surface area contributed by atoms with E-state index in [1.807, 2.05) is 45.0 Å². The fourth-order valence-electron chi connectivity index (χ4n) is 2.81. The zero-order chi connectivity index (χ0) is 17.7. The molecule has 1 fully saturated rings. The van der Waals surface area contributed by atoms with Crippen LogP contribution in [0.2, 0.25) is 0 Å². The minimum absolute atomic E-state index is 0. The summed E-state index contributed by atoms with van der Waals surface area (Å²) in [4.78, 5) is 28.2. The number of rotatable bonds is 5. The number of hydrogen-bond acceptors (Lipinski definition) is 4. The zero-order valence-electron chi connectivity index (χ0n) is 15.6. The topological polar surface area (TPSA) is 78.7 Å². The molecule has 1 aliphatic rings. The molecule has 6 nitrogen and oxygen atoms in total. The lowest BCUT2D eigenvalue weighted by molar-refractivity contribution is -0.134. The fraction of sp³-hybridized carbons (Fsp3) is 0.556. The second-order valence-corrected chi connectivity index (χ2v) is 6.71. The van der Waals surface area contributed by atoms with Crippen LogP contribution in [0, 0.1) is 6.92 Å². The highest BCUT2D eigenvalue weighted by molar-refractivity contribution is 5.85. The average molecular weight is 405 g/mol. The van der Waals surface area contributed by atoms with Crippen LogP contribution in [0.25, 0.3) is 0 Å². The third kappa shape index (κ3) is 7.11. The Morgan fingerprint density at radius 1 is 1.08 bits per heavy atom. The lowest BCUT2D eigenvalue weighted by Crippen LogP contribution is -2.53. The number of carbonyl (C=O) groups excluding carboxylic acids is 2. The molecule has 0 aliphatic carbocycles. The van der Waals surface area contributed by atoms with Crippen molar-refractivity contribution in [2.24, 2.45) is 5.73 Å². The molecular weight excluding hydrogens is 375 g/mol. The van der Waals surface area contributed by atoms with Crippen molar-refractivity contribution >= 4 is 36.6 Å². The lowest BCUT2D eigenvalue weighted by Gasteiger charge is -2.35. The molecule has 8 heteroatoms. The van der Waals surface area contributed by atoms with E-state index in [0.717, 1.165) is 11.1 Å². The minimum Gasteiger partial charge on any atom is -0.353 e. The maximum Gasteiger partial charge on any atom is 0.244 e. The zero-order valence-corrected chi connectivity index (χ0v) is 17.2. The van der Waals surface area contributed by atoms with Gasteiger partial charge < -0.3 is 16.0 Å². The highest BCUT2D eigenvalue weighted by atomic mass is 35.5. The summed E-state index contributed by atoms with van der Waals surface area (Å²) >= 11 is 0. The van der Waals surface area contributed by atoms with Crippen molar-refractivity contribution in [2.75, 3.05) is 32.7 Å². The van der Waals surface area contributed by atoms with E-state index in [-0.39, 0.29) is 42.7 Å². The van der Waals surface area contributed by atoms with Gasteiger partial charge >= 0.3 is 0 Å². The molecule has 0 aromatic heterocycles. The predicted octanol–water partition coefficient (Wildman–Crippen LogP) is 1.51. The molecule has 148 valence electrons. The molecule has 2 rings (SSSR count). The van der Waals surface area contributed by atoms with Crippen LogP contribution in [-0.2, 0) is 9.59 Å². The number of hydrogen-bond donors (Lipinski definition) is 2. The number of piperazine rings is 1. The molecular formula is C18H30Cl2N4O2. The molecule has 26 heavy (non-hydrogen) atoms. The van der Waals surface area contributed by atoms with Gasteiger partial charge in [0.05, 0.1) is 6.54 Å². The Hall–Kier alpha value is -1.34. The van der Waals surface area contributed by atoms with E-state index in [0.29, 0.717) is 32.7 Å². The Bertz CT molecular complexity index is 573. The summed E-state index contributed by atoms with van der Waals surface area (Å²) in [5.41, 5.74) is 8.10. The van der Waals surface area contributed by atoms with Crippen molar-refractivity contribution in [3.05, 3.63) is 35.4 Å². The summed E-state index contributed by atoms with van der Waals surface area (Å²) < 4.78 is 0. The van der Waals surface area contributed by atoms with Gasteiger partial charge in [0.1, 0.15) is 6.04 Å². The van der Waals surface area contributed by atoms with Gasteiger partial charge in [-0.2, -0.15) is 0 Å². The van der Waals surface area contributed by atoms with E-state index < -0.39 is 6.04 Å². The second-order valence-electron chi connectivity index (χ2n) is 6.71. The Kier molecular flexibility index (Phi) is 10.8. The first-order valence-corrected chi connectivity index (χ1v) is 8.49. The molecule has 1 unspecified atom stereocenters. The number of amides is 2. The van der Waals surface area contributed by atoms with Crippen LogP contribution in [0.15, 0.2) is 24.3 Å². The van der Waals surface area contributed by atoms with Crippen LogP contribution in [-0.4, -0.2) is 60.4 Å². The number of halogens is 2. The van der Waals surface area contributed by atoms with Crippen molar-refractivity contribution in [2.45, 2.75) is 32.9 Å². The number of nitrogens with zero attached hydrogens (tertiary/aromatic N) is 2. The number of carbonyl (C=O) groups is 2. The van der Waals surface area contributed by atoms with E-state index in [1.54, 1.807) is 4.90 Å². The van der Waals surface area contributed by atoms with E-state index in [2.05, 4.69) is 10.2 Å². The summed E-state index contributed by atoms with van der Waals surface area (Å²) in [5.74, 6) is -0.0220. The third-order valence-electron chi connectivity index (χ3n) is 4.20. The molecule has 1 saturated heterocycles. The third-order valence-corrected chi connectivity index (χ3v) is 4.20. The van der Waals surface area contributed by atoms with Gasteiger partial charge in [-0.1, -0.05) is 29.8 Å². The molecule has 0 saturated carbocycles. The Balaban J connectivity index is 0.00000312. The van der Waals surface area contributed by atoms with Gasteiger partial charge in [0.25, 0.3) is 0 Å². The van der Waals surface area contributed by atoms with Gasteiger partial charge in [-0.25, -0.2) is 0 Å². The van der Waals surface area contributed by atoms with Gasteiger partial charge in [-0.15, -0.1) is 24.8 Å². The largest absolute Gasteiger partial charge is 0.353 e. The summed E-state index contributed by atoms with van der Waals surface area (Å²) in [5, 5.41) is 2.89. The molecule has 1 aliphatic heterocycles. The maximum absolute atomic E-state index is 12.6. The summed E-state index contributed by atoms with van der Waals surface area (Å²) in [6.07, 6.45) is 0. The summed E-state index contributed by atoms with van der Waals surface area (Å²) in [6.45, 7) is 8.87. The minimum atomic E-state index is -0.624. The van der Waals surface area contributed by atoms with Crippen LogP contribution in [0.3, 0.4) is 0 Å². The molecule has 1 heterocycles. The lowest BCUT2D eigenvalue weighted by atomic mass is 10.0. The van der Waals surface area contributed by atoms with Gasteiger partial charge in [-0.3, -0.25) is 14.5 Å². The second kappa shape index (κ2) is 11.4. The highest BCUT2D eigenvalue weighted by Gasteiger charge is 2.26. The Morgan fingerprint density at radius 2 is 1.62 bits per heavy atom. The van der Waals surface area contributed by atoms with E-state index >= 15 is 0 Å². The van der Waals surface area contributed by atoms with Crippen molar-refractivity contribution in [3.63, 3.8) is 0 Å². The molecule has 1 aromatic carbocycles. The predicted molar refractivity (Wildman–Crippen MR) is 109 cm³/mol. The molecule has 0 bridgehead atoms. The molecule has 2 amide bonds. The van der Waals surface area contributed by atoms with Gasteiger partial charge in [0.2, 0.25) is 11.8 Å². The quantitative estimate of drug-likeness (QED) is 0.779. The van der Waals surface area contributed by atoms with Crippen LogP contribution in [0.1, 0.15) is 31.0 Å². The van der Waals surface area contributed by atoms with E-state index in [1.165, 1.54) is 0 Å². The first-order chi connectivity index (χ1) is 11.4. The summed E-state index contributed by atoms with van der Waals surface area (Å²) in [6, 6.07) is 7.27. The normalized spacial score (nSPS) is 15.7. The highest BCUT2D eigenvalue weighted by Crippen LogP contribution is 2.15. The molecule has 1 atom stereocenters. The maximum atomic E-state index is 12.6. The standard InChI is InChI=1S/C18H28N4O2.2ClH/c1-13(2)20-16(23)12-21-8-10-22(11-9-21)18(24)17(19)15-6-4-14(3)5-7-15;;/h4-7,13,17H,8-12,19H2,1-3H3,(H,20,23);2*1H. The fourth-order valence-corrected chi connectivity index (χ4v) is 2.81. The van der Waals surface area contributed by atoms with Crippen molar-refractivity contribution < 1.29 is 9.59 Å². The van der Waals surface area contributed by atoms with Crippen LogP contribution < -0.4 is 11.1 Å². The summed E-state index contributed by atoms with van der Waals surface area (Å²) in [7, 11) is 0. The van der Waals surface area contributed by atoms with Crippen molar-refractivity contribution in [1.82, 2.24) is 15.1 Å². The number of benzene rings is 1. The number of nitrogens with one attached hydrogen (secondary N) is 1. The van der Waals surface area contributed by atoms with E-state index in [4.69, 9.17) is 5.73 Å². The first-order valence-electron chi connectivity index (χ1n) is 8.49. The van der Waals surface area contributed by atoms with Gasteiger partial charge in [-0.05, 0) is 26.3 Å². The molecule has 3 N–H and O–H groups in total. The number of nitrogens with two attached hydrogens (primary N) is 1. The van der Waals surface area contributed by atoms with E-state index in [9.17, 15) is 9.59 Å². The molecule has 1 aromatic rings. The van der Waals surface area contributed by atoms with Gasteiger partial charge in [0.15, 0.2) is 0 Å². The van der Waals surface area contributed by atoms with Gasteiger partial charge in [0, 0.05) is 32.2 Å². The van der Waals surface area contributed by atoms with Crippen LogP contribution >= 0.6 is 24.8 Å². The Morgan fingerprint density at radius 3 is 2.12 bits per heavy atom.